The fraction of sp³-hybridized carbons (Fsp3) is 0.417. The Hall–Kier alpha value is -1.07. The Labute approximate surface area is 107 Å². The van der Waals surface area contributed by atoms with Crippen LogP contribution >= 0.6 is 11.6 Å². The van der Waals surface area contributed by atoms with Crippen LogP contribution in [0.3, 0.4) is 0 Å². The van der Waals surface area contributed by atoms with Gasteiger partial charge in [0.25, 0.3) is 0 Å². The summed E-state index contributed by atoms with van der Waals surface area (Å²) >= 11 is 5.71. The van der Waals surface area contributed by atoms with E-state index in [1.54, 1.807) is 0 Å². The summed E-state index contributed by atoms with van der Waals surface area (Å²) in [5.41, 5.74) is -0.866. The summed E-state index contributed by atoms with van der Waals surface area (Å²) in [4.78, 5) is 11.3. The van der Waals surface area contributed by atoms with Gasteiger partial charge in [0.15, 0.2) is 0 Å². The van der Waals surface area contributed by atoms with Gasteiger partial charge in [-0.2, -0.15) is 13.2 Å². The third-order valence-electron chi connectivity index (χ3n) is 2.78. The average Bonchev–Trinajstić information content (AvgIpc) is 2.27. The first-order valence-corrected chi connectivity index (χ1v) is 5.75. The highest BCUT2D eigenvalue weighted by Gasteiger charge is 2.36. The minimum absolute atomic E-state index is 0.0383. The van der Waals surface area contributed by atoms with Crippen LogP contribution < -0.4 is 0 Å². The Bertz CT molecular complexity index is 471. The van der Waals surface area contributed by atoms with E-state index in [2.05, 4.69) is 0 Å². The van der Waals surface area contributed by atoms with E-state index in [1.807, 2.05) is 0 Å². The quantitative estimate of drug-likeness (QED) is 0.781. The molecule has 2 nitrogen and oxygen atoms in total. The smallest absolute Gasteiger partial charge is 0.373 e. The van der Waals surface area contributed by atoms with Gasteiger partial charge in [-0.15, -0.1) is 0 Å². The molecule has 1 aromatic carbocycles. The molecule has 0 amide bonds. The van der Waals surface area contributed by atoms with Crippen molar-refractivity contribution in [2.24, 2.45) is 0 Å². The van der Waals surface area contributed by atoms with Crippen LogP contribution in [0, 0.1) is 0 Å². The van der Waals surface area contributed by atoms with Crippen LogP contribution in [0.15, 0.2) is 18.2 Å². The second-order valence-corrected chi connectivity index (χ2v) is 4.52. The lowest BCUT2D eigenvalue weighted by molar-refractivity contribution is -0.142. The van der Waals surface area contributed by atoms with Crippen LogP contribution in [-0.4, -0.2) is 12.4 Å². The van der Waals surface area contributed by atoms with Crippen molar-refractivity contribution in [1.29, 1.82) is 0 Å². The molecule has 18 heavy (non-hydrogen) atoms. The van der Waals surface area contributed by atoms with E-state index in [0.29, 0.717) is 0 Å². The van der Waals surface area contributed by atoms with Crippen LogP contribution in [0.4, 0.5) is 13.2 Å². The highest BCUT2D eigenvalue weighted by atomic mass is 35.5. The normalized spacial score (nSPS) is 21.1. The molecule has 1 unspecified atom stereocenters. The Morgan fingerprint density at radius 3 is 2.67 bits per heavy atom. The SMILES string of the molecule is O=C1CCOC(c2cc(Cl)ccc2C(F)(F)F)C1. The zero-order chi connectivity index (χ0) is 13.3. The second-order valence-electron chi connectivity index (χ2n) is 4.08. The molecular weight excluding hydrogens is 269 g/mol. The van der Waals surface area contributed by atoms with Crippen LogP contribution in [-0.2, 0) is 15.7 Å². The van der Waals surface area contributed by atoms with Crippen LogP contribution in [0.2, 0.25) is 5.02 Å². The van der Waals surface area contributed by atoms with E-state index in [9.17, 15) is 18.0 Å². The zero-order valence-corrected chi connectivity index (χ0v) is 10.0. The van der Waals surface area contributed by atoms with Crippen molar-refractivity contribution in [2.45, 2.75) is 25.1 Å². The highest BCUT2D eigenvalue weighted by molar-refractivity contribution is 6.30. The van der Waals surface area contributed by atoms with Gasteiger partial charge < -0.3 is 4.74 Å². The van der Waals surface area contributed by atoms with Gasteiger partial charge >= 0.3 is 6.18 Å². The average molecular weight is 279 g/mol. The molecule has 1 saturated heterocycles. The first-order valence-electron chi connectivity index (χ1n) is 5.38. The molecule has 0 N–H and O–H groups in total. The molecule has 0 aliphatic carbocycles. The van der Waals surface area contributed by atoms with Gasteiger partial charge in [0.1, 0.15) is 5.78 Å². The summed E-state index contributed by atoms with van der Waals surface area (Å²) < 4.78 is 43.8. The number of rotatable bonds is 1. The predicted octanol–water partition coefficient (Wildman–Crippen LogP) is 3.78. The minimum Gasteiger partial charge on any atom is -0.373 e. The molecule has 0 saturated carbocycles. The zero-order valence-electron chi connectivity index (χ0n) is 9.26. The van der Waals surface area contributed by atoms with Crippen LogP contribution in [0.1, 0.15) is 30.1 Å². The molecule has 1 fully saturated rings. The Morgan fingerprint density at radius 1 is 1.33 bits per heavy atom. The van der Waals surface area contributed by atoms with Crippen LogP contribution in [0.5, 0.6) is 0 Å². The second kappa shape index (κ2) is 4.90. The minimum atomic E-state index is -4.48. The van der Waals surface area contributed by atoms with Gasteiger partial charge in [-0.25, -0.2) is 0 Å². The Kier molecular flexibility index (Phi) is 3.64. The van der Waals surface area contributed by atoms with Crippen molar-refractivity contribution in [2.75, 3.05) is 6.61 Å². The largest absolute Gasteiger partial charge is 0.416 e. The monoisotopic (exact) mass is 278 g/mol. The first kappa shape index (κ1) is 13.4. The third kappa shape index (κ3) is 2.84. The molecule has 1 atom stereocenters. The maximum Gasteiger partial charge on any atom is 0.416 e. The van der Waals surface area contributed by atoms with Gasteiger partial charge in [-0.1, -0.05) is 11.6 Å². The van der Waals surface area contributed by atoms with Crippen molar-refractivity contribution in [3.05, 3.63) is 34.3 Å². The van der Waals surface area contributed by atoms with Gasteiger partial charge in [0, 0.05) is 17.9 Å². The van der Waals surface area contributed by atoms with Crippen molar-refractivity contribution < 1.29 is 22.7 Å². The molecule has 0 radical (unpaired) electrons. The maximum absolute atomic E-state index is 12.8. The molecule has 0 spiro atoms. The summed E-state index contributed by atoms with van der Waals surface area (Å²) in [6, 6.07) is 3.31. The lowest BCUT2D eigenvalue weighted by Crippen LogP contribution is -2.22. The number of ether oxygens (including phenoxy) is 1. The number of alkyl halides is 3. The summed E-state index contributed by atoms with van der Waals surface area (Å²) in [6.45, 7) is 0.146. The molecule has 1 aromatic rings. The number of carbonyl (C=O) groups excluding carboxylic acids is 1. The molecular formula is C12H10ClF3O2. The topological polar surface area (TPSA) is 26.3 Å². The van der Waals surface area contributed by atoms with E-state index in [1.165, 1.54) is 12.1 Å². The fourth-order valence-corrected chi connectivity index (χ4v) is 2.12. The Morgan fingerprint density at radius 2 is 2.06 bits per heavy atom. The molecule has 2 rings (SSSR count). The third-order valence-corrected chi connectivity index (χ3v) is 3.01. The van der Waals surface area contributed by atoms with Crippen LogP contribution in [0.25, 0.3) is 0 Å². The lowest BCUT2D eigenvalue weighted by Gasteiger charge is -2.25. The number of carbonyl (C=O) groups is 1. The molecule has 1 aliphatic heterocycles. The molecule has 1 aliphatic rings. The first-order chi connectivity index (χ1) is 8.38. The van der Waals surface area contributed by atoms with Gasteiger partial charge in [-0.05, 0) is 23.8 Å². The maximum atomic E-state index is 12.8. The lowest BCUT2D eigenvalue weighted by atomic mass is 9.96. The number of Topliss-reactive ketones (excluding diaryl/α,β-unsaturated/α-hetero) is 1. The highest BCUT2D eigenvalue weighted by Crippen LogP contribution is 2.39. The Balaban J connectivity index is 2.41. The fourth-order valence-electron chi connectivity index (χ4n) is 1.94. The van der Waals surface area contributed by atoms with Crippen molar-refractivity contribution >= 4 is 17.4 Å². The van der Waals surface area contributed by atoms with E-state index in [0.717, 1.165) is 6.07 Å². The molecule has 6 heteroatoms. The molecule has 0 aromatic heterocycles. The van der Waals surface area contributed by atoms with Gasteiger partial charge in [0.05, 0.1) is 18.3 Å². The van der Waals surface area contributed by atoms with E-state index in [-0.39, 0.29) is 35.8 Å². The number of hydrogen-bond acceptors (Lipinski definition) is 2. The van der Waals surface area contributed by atoms with Crippen molar-refractivity contribution in [3.63, 3.8) is 0 Å². The number of benzene rings is 1. The molecule has 98 valence electrons. The van der Waals surface area contributed by atoms with E-state index in [4.69, 9.17) is 16.3 Å². The van der Waals surface area contributed by atoms with Gasteiger partial charge in [-0.3, -0.25) is 4.79 Å². The number of halogens is 4. The number of ketones is 1. The standard InChI is InChI=1S/C12H10ClF3O2/c13-7-1-2-10(12(14,15)16)9(5-7)11-6-8(17)3-4-18-11/h1-2,5,11H,3-4,6H2. The predicted molar refractivity (Wildman–Crippen MR) is 59.4 cm³/mol. The molecule has 0 bridgehead atoms. The summed E-state index contributed by atoms with van der Waals surface area (Å²) in [7, 11) is 0. The summed E-state index contributed by atoms with van der Waals surface area (Å²) in [5, 5.41) is 0.194. The summed E-state index contributed by atoms with van der Waals surface area (Å²) in [5.74, 6) is -0.0978. The van der Waals surface area contributed by atoms with E-state index < -0.39 is 17.8 Å². The van der Waals surface area contributed by atoms with E-state index >= 15 is 0 Å². The molecule has 1 heterocycles. The number of hydrogen-bond donors (Lipinski definition) is 0. The summed E-state index contributed by atoms with van der Waals surface area (Å²) in [6.07, 6.45) is -5.13. The van der Waals surface area contributed by atoms with Gasteiger partial charge in [0.2, 0.25) is 0 Å². The van der Waals surface area contributed by atoms with Crippen molar-refractivity contribution in [3.8, 4) is 0 Å². The van der Waals surface area contributed by atoms with Crippen molar-refractivity contribution in [1.82, 2.24) is 0 Å².